The van der Waals surface area contributed by atoms with Crippen LogP contribution in [0, 0.1) is 11.2 Å². The van der Waals surface area contributed by atoms with Crippen LogP contribution in [0.3, 0.4) is 0 Å². The maximum atomic E-state index is 12.8. The highest BCUT2D eigenvalue weighted by Gasteiger charge is 2.31. The number of hydrogen-bond acceptors (Lipinski definition) is 6. The van der Waals surface area contributed by atoms with Gasteiger partial charge in [-0.05, 0) is 30.9 Å². The zero-order valence-electron chi connectivity index (χ0n) is 15.8. The second kappa shape index (κ2) is 8.93. The van der Waals surface area contributed by atoms with E-state index in [-0.39, 0.29) is 6.41 Å². The predicted octanol–water partition coefficient (Wildman–Crippen LogP) is 0.405. The Morgan fingerprint density at radius 2 is 1.93 bits per heavy atom. The molecule has 27 heavy (non-hydrogen) atoms. The zero-order chi connectivity index (χ0) is 20.1. The topological polar surface area (TPSA) is 94.1 Å². The normalized spacial score (nSPS) is 17.6. The summed E-state index contributed by atoms with van der Waals surface area (Å²) in [4.78, 5) is 17.2. The largest absolute Gasteiger partial charge is 0.354 e. The van der Waals surface area contributed by atoms with Gasteiger partial charge in [0.05, 0.1) is 5.75 Å². The smallest absolute Gasteiger partial charge is 0.234 e. The molecule has 0 bridgehead atoms. The number of carbonyl (C=O) groups is 1. The number of amides is 1. The van der Waals surface area contributed by atoms with Gasteiger partial charge in [0.25, 0.3) is 0 Å². The van der Waals surface area contributed by atoms with Crippen LogP contribution in [-0.2, 0) is 14.8 Å². The van der Waals surface area contributed by atoms with Gasteiger partial charge in [-0.15, -0.1) is 0 Å². The van der Waals surface area contributed by atoms with Gasteiger partial charge < -0.3 is 4.90 Å². The van der Waals surface area contributed by atoms with Crippen LogP contribution in [0.2, 0.25) is 0 Å². The van der Waals surface area contributed by atoms with E-state index in [1.807, 2.05) is 41.9 Å². The molecule has 1 amide bonds. The summed E-state index contributed by atoms with van der Waals surface area (Å²) in [6, 6.07) is 4.52. The van der Waals surface area contributed by atoms with Gasteiger partial charge in [-0.3, -0.25) is 10.0 Å². The average Bonchev–Trinajstić information content (AvgIpc) is 2.64. The minimum atomic E-state index is -3.68. The minimum absolute atomic E-state index is 0.186. The summed E-state index contributed by atoms with van der Waals surface area (Å²) in [6.07, 6.45) is 7.74. The number of piperazine rings is 1. The lowest BCUT2D eigenvalue weighted by molar-refractivity contribution is -0.153. The lowest BCUT2D eigenvalue weighted by atomic mass is 10.3. The van der Waals surface area contributed by atoms with E-state index in [2.05, 4.69) is 16.2 Å². The lowest BCUT2D eigenvalue weighted by Crippen LogP contribution is -2.51. The van der Waals surface area contributed by atoms with Crippen molar-refractivity contribution in [3.63, 3.8) is 0 Å². The third kappa shape index (κ3) is 6.39. The van der Waals surface area contributed by atoms with Gasteiger partial charge in [0.15, 0.2) is 0 Å². The molecule has 8 nitrogen and oxygen atoms in total. The van der Waals surface area contributed by atoms with Crippen molar-refractivity contribution < 1.29 is 18.4 Å². The van der Waals surface area contributed by atoms with E-state index in [0.717, 1.165) is 5.82 Å². The van der Waals surface area contributed by atoms with Gasteiger partial charge in [-0.1, -0.05) is 17.2 Å². The fourth-order valence-electron chi connectivity index (χ4n) is 2.54. The fourth-order valence-corrected chi connectivity index (χ4v) is 4.60. The summed E-state index contributed by atoms with van der Waals surface area (Å²) in [6.45, 7) is 1.68. The number of hydrogen-bond donors (Lipinski definition) is 1. The van der Waals surface area contributed by atoms with Crippen molar-refractivity contribution in [2.75, 3.05) is 55.6 Å². The van der Waals surface area contributed by atoms with E-state index in [9.17, 15) is 18.4 Å². The molecule has 0 spiro atoms. The Balaban J connectivity index is 2.06. The van der Waals surface area contributed by atoms with Crippen molar-refractivity contribution in [3.05, 3.63) is 24.4 Å². The maximum absolute atomic E-state index is 12.8. The molecule has 1 aromatic rings. The van der Waals surface area contributed by atoms with E-state index in [4.69, 9.17) is 0 Å². The van der Waals surface area contributed by atoms with Gasteiger partial charge in [0, 0.05) is 32.4 Å². The molecule has 2 heterocycles. The Morgan fingerprint density at radius 3 is 2.44 bits per heavy atom. The van der Waals surface area contributed by atoms with Crippen molar-refractivity contribution in [1.29, 1.82) is 0 Å². The Kier molecular flexibility index (Phi) is 7.11. The van der Waals surface area contributed by atoms with Gasteiger partial charge in [-0.25, -0.2) is 18.5 Å². The standard InChI is InChI=1S/C17H26N4O4S2/c1-26(2,3)13-7-16(21(23)15-22)14-27(24,25)20-11-9-19(10-12-20)17-6-4-5-8-18-17/h4-6,8,15-16,23H,9-12,14H2,1-3H3. The highest BCUT2D eigenvalue weighted by Crippen LogP contribution is 2.32. The Morgan fingerprint density at radius 1 is 1.26 bits per heavy atom. The van der Waals surface area contributed by atoms with Gasteiger partial charge in [-0.2, -0.15) is 14.3 Å². The third-order valence-electron chi connectivity index (χ3n) is 3.93. The van der Waals surface area contributed by atoms with Crippen LogP contribution in [-0.4, -0.2) is 91.1 Å². The summed E-state index contributed by atoms with van der Waals surface area (Å²) in [7, 11) is -4.89. The molecule has 150 valence electrons. The first kappa shape index (κ1) is 21.5. The molecular formula is C17H26N4O4S2. The molecule has 1 N–H and O–H groups in total. The molecule has 1 aliphatic heterocycles. The Hall–Kier alpha value is -1.80. The van der Waals surface area contributed by atoms with Crippen LogP contribution >= 0.6 is 10.0 Å². The van der Waals surface area contributed by atoms with E-state index in [1.54, 1.807) is 6.20 Å². The highest BCUT2D eigenvalue weighted by molar-refractivity contribution is 8.35. The van der Waals surface area contributed by atoms with Crippen LogP contribution in [0.4, 0.5) is 5.82 Å². The molecule has 10 heteroatoms. The summed E-state index contributed by atoms with van der Waals surface area (Å²) >= 11 is 0. The monoisotopic (exact) mass is 414 g/mol. The van der Waals surface area contributed by atoms with Crippen molar-refractivity contribution >= 4 is 32.3 Å². The molecule has 1 unspecified atom stereocenters. The number of nitrogens with zero attached hydrogens (tertiary/aromatic N) is 4. The van der Waals surface area contributed by atoms with Crippen LogP contribution in [0.5, 0.6) is 0 Å². The molecular weight excluding hydrogens is 388 g/mol. The highest BCUT2D eigenvalue weighted by atomic mass is 32.3. The quantitative estimate of drug-likeness (QED) is 0.314. The van der Waals surface area contributed by atoms with E-state index in [0.29, 0.717) is 31.2 Å². The van der Waals surface area contributed by atoms with Crippen LogP contribution in [0.1, 0.15) is 0 Å². The average molecular weight is 415 g/mol. The molecule has 0 aromatic carbocycles. The fraction of sp³-hybridized carbons (Fsp3) is 0.529. The first-order valence-electron chi connectivity index (χ1n) is 8.39. The lowest BCUT2D eigenvalue weighted by Gasteiger charge is -2.35. The van der Waals surface area contributed by atoms with E-state index < -0.39 is 31.8 Å². The summed E-state index contributed by atoms with van der Waals surface area (Å²) in [5, 5.41) is 13.0. The maximum Gasteiger partial charge on any atom is 0.234 e. The zero-order valence-corrected chi connectivity index (χ0v) is 17.4. The first-order valence-corrected chi connectivity index (χ1v) is 12.9. The Bertz CT molecular complexity index is 792. The summed E-state index contributed by atoms with van der Waals surface area (Å²) in [5.74, 6) is 3.12. The third-order valence-corrected chi connectivity index (χ3v) is 6.55. The van der Waals surface area contributed by atoms with Crippen molar-refractivity contribution in [3.8, 4) is 11.2 Å². The first-order chi connectivity index (χ1) is 12.6. The van der Waals surface area contributed by atoms with Crippen LogP contribution in [0.25, 0.3) is 0 Å². The van der Waals surface area contributed by atoms with Gasteiger partial charge in [0.2, 0.25) is 16.4 Å². The second-order valence-electron chi connectivity index (χ2n) is 6.94. The second-order valence-corrected chi connectivity index (χ2v) is 12.8. The van der Waals surface area contributed by atoms with Gasteiger partial charge >= 0.3 is 0 Å². The van der Waals surface area contributed by atoms with Crippen LogP contribution in [0.15, 0.2) is 24.4 Å². The number of rotatable bonds is 6. The molecule has 1 saturated heterocycles. The summed E-state index contributed by atoms with van der Waals surface area (Å²) in [5.41, 5.74) is 0. The number of anilines is 1. The molecule has 1 aromatic heterocycles. The Labute approximate surface area is 162 Å². The van der Waals surface area contributed by atoms with Crippen molar-refractivity contribution in [2.24, 2.45) is 0 Å². The number of sulfonamides is 1. The molecule has 1 atom stereocenters. The molecule has 1 aliphatic rings. The predicted molar refractivity (Wildman–Crippen MR) is 108 cm³/mol. The van der Waals surface area contributed by atoms with Crippen molar-refractivity contribution in [2.45, 2.75) is 6.04 Å². The number of aromatic nitrogens is 1. The minimum Gasteiger partial charge on any atom is -0.354 e. The van der Waals surface area contributed by atoms with Gasteiger partial charge in [0.1, 0.15) is 11.9 Å². The molecule has 2 rings (SSSR count). The number of pyridine rings is 1. The van der Waals surface area contributed by atoms with Crippen molar-refractivity contribution in [1.82, 2.24) is 14.4 Å². The molecule has 0 radical (unpaired) electrons. The summed E-state index contributed by atoms with van der Waals surface area (Å²) < 4.78 is 26.9. The van der Waals surface area contributed by atoms with E-state index >= 15 is 0 Å². The SMILES string of the molecule is CS(C)(C)C#CC(CS(=O)(=O)N1CCN(c2ccccn2)CC1)N(O)C=O. The van der Waals surface area contributed by atoms with Crippen LogP contribution < -0.4 is 4.90 Å². The number of carbonyl (C=O) groups excluding carboxylic acids is 1. The number of hydroxylamine groups is 2. The van der Waals surface area contributed by atoms with E-state index in [1.165, 1.54) is 4.31 Å². The molecule has 0 saturated carbocycles. The molecule has 0 aliphatic carbocycles. The molecule has 1 fully saturated rings.